The van der Waals surface area contributed by atoms with Crippen molar-refractivity contribution in [3.63, 3.8) is 0 Å². The number of nitrogens with zero attached hydrogens (tertiary/aromatic N) is 5. The number of nitrogens with one attached hydrogen (secondary N) is 1. The molecule has 1 fully saturated rings. The minimum atomic E-state index is -3.64. The number of ketones is 1. The Morgan fingerprint density at radius 1 is 1.16 bits per heavy atom. The van der Waals surface area contributed by atoms with Gasteiger partial charge in [0.15, 0.2) is 11.6 Å². The monoisotopic (exact) mass is 458 g/mol. The molecule has 0 aromatic carbocycles. The lowest BCUT2D eigenvalue weighted by Gasteiger charge is -2.48. The van der Waals surface area contributed by atoms with E-state index in [-0.39, 0.29) is 22.1 Å². The van der Waals surface area contributed by atoms with Gasteiger partial charge >= 0.3 is 0 Å². The van der Waals surface area contributed by atoms with Crippen LogP contribution in [-0.4, -0.2) is 47.9 Å². The van der Waals surface area contributed by atoms with Crippen LogP contribution < -0.4 is 5.32 Å². The number of carbonyl (C=O) groups is 1. The molecule has 1 N–H and O–H groups in total. The van der Waals surface area contributed by atoms with Gasteiger partial charge in [0.1, 0.15) is 4.90 Å². The standard InChI is InChI=1S/C22H30N6O3S/c1-14(2)28-13-15(11-24-28)32(30,31)27-7-5-22(6-8-27)16-12-23-26-20(16)25-17-9-21(3,4)10-18(29)19(17)22/h11,13-14,25H,5-10,12H2,1-4H3. The fourth-order valence-corrected chi connectivity index (χ4v) is 7.00. The zero-order chi connectivity index (χ0) is 22.9. The SMILES string of the molecule is CC(C)n1cc(S(=O)(=O)N2CCC3(CC2)C2=C(N=NC2)NC2=C3C(=O)CC(C)(C)C2)cn1. The van der Waals surface area contributed by atoms with Gasteiger partial charge in [-0.1, -0.05) is 13.8 Å². The average molecular weight is 459 g/mol. The number of carbonyl (C=O) groups excluding carboxylic acids is 1. The van der Waals surface area contributed by atoms with E-state index in [0.29, 0.717) is 38.9 Å². The van der Waals surface area contributed by atoms with Gasteiger partial charge in [0.25, 0.3) is 0 Å². The number of azo groups is 1. The molecule has 1 saturated heterocycles. The van der Waals surface area contributed by atoms with Gasteiger partial charge in [0, 0.05) is 54.0 Å². The summed E-state index contributed by atoms with van der Waals surface area (Å²) in [7, 11) is -3.64. The van der Waals surface area contributed by atoms with Crippen molar-refractivity contribution in [2.75, 3.05) is 19.6 Å². The van der Waals surface area contributed by atoms with Gasteiger partial charge in [-0.3, -0.25) is 9.48 Å². The third-order valence-corrected chi connectivity index (χ3v) is 9.06. The summed E-state index contributed by atoms with van der Waals surface area (Å²) in [6, 6.07) is 0.0884. The van der Waals surface area contributed by atoms with Crippen LogP contribution in [0.15, 0.2) is 50.2 Å². The molecule has 1 aromatic heterocycles. The second kappa shape index (κ2) is 7.08. The third kappa shape index (κ3) is 3.18. The molecule has 172 valence electrons. The predicted octanol–water partition coefficient (Wildman–Crippen LogP) is 3.16. The van der Waals surface area contributed by atoms with Crippen LogP contribution in [-0.2, 0) is 14.8 Å². The van der Waals surface area contributed by atoms with Gasteiger partial charge in [-0.05, 0) is 38.5 Å². The Bertz CT molecular complexity index is 1180. The average Bonchev–Trinajstić information content (AvgIpc) is 3.37. The highest BCUT2D eigenvalue weighted by Crippen LogP contribution is 2.55. The Hall–Kier alpha value is -2.33. The zero-order valence-corrected chi connectivity index (χ0v) is 19.9. The summed E-state index contributed by atoms with van der Waals surface area (Å²) >= 11 is 0. The van der Waals surface area contributed by atoms with Gasteiger partial charge in [-0.25, -0.2) is 8.42 Å². The summed E-state index contributed by atoms with van der Waals surface area (Å²) in [6.07, 6.45) is 5.41. The van der Waals surface area contributed by atoms with Crippen molar-refractivity contribution in [3.05, 3.63) is 35.1 Å². The number of aromatic nitrogens is 2. The molecule has 1 aliphatic carbocycles. The normalized spacial score (nSPS) is 24.8. The molecule has 0 saturated carbocycles. The number of hydrogen-bond donors (Lipinski definition) is 1. The summed E-state index contributed by atoms with van der Waals surface area (Å²) < 4.78 is 29.8. The van der Waals surface area contributed by atoms with Crippen LogP contribution in [0.4, 0.5) is 0 Å². The van der Waals surface area contributed by atoms with Crippen molar-refractivity contribution in [2.24, 2.45) is 21.1 Å². The van der Waals surface area contributed by atoms with E-state index in [1.54, 1.807) is 10.9 Å². The lowest BCUT2D eigenvalue weighted by molar-refractivity contribution is -0.119. The fraction of sp³-hybridized carbons (Fsp3) is 0.636. The summed E-state index contributed by atoms with van der Waals surface area (Å²) in [5.41, 5.74) is 2.22. The van der Waals surface area contributed by atoms with Crippen molar-refractivity contribution in [1.82, 2.24) is 19.4 Å². The number of rotatable bonds is 3. The number of allylic oxidation sites excluding steroid dienone is 2. The van der Waals surface area contributed by atoms with E-state index < -0.39 is 15.4 Å². The molecule has 32 heavy (non-hydrogen) atoms. The van der Waals surface area contributed by atoms with E-state index in [0.717, 1.165) is 29.1 Å². The Morgan fingerprint density at radius 2 is 1.88 bits per heavy atom. The lowest BCUT2D eigenvalue weighted by atomic mass is 9.60. The van der Waals surface area contributed by atoms with Crippen molar-refractivity contribution in [1.29, 1.82) is 0 Å². The third-order valence-electron chi connectivity index (χ3n) is 7.21. The first-order valence-corrected chi connectivity index (χ1v) is 12.7. The maximum Gasteiger partial charge on any atom is 0.246 e. The molecule has 9 nitrogen and oxygen atoms in total. The summed E-state index contributed by atoms with van der Waals surface area (Å²) in [5.74, 6) is 0.917. The van der Waals surface area contributed by atoms with Gasteiger partial charge in [-0.2, -0.15) is 14.5 Å². The highest BCUT2D eigenvalue weighted by atomic mass is 32.2. The van der Waals surface area contributed by atoms with Crippen LogP contribution in [0.25, 0.3) is 0 Å². The van der Waals surface area contributed by atoms with Crippen LogP contribution in [0.5, 0.6) is 0 Å². The summed E-state index contributed by atoms with van der Waals surface area (Å²) in [5, 5.41) is 16.1. The first kappa shape index (κ1) is 21.5. The molecule has 1 spiro atoms. The molecular weight excluding hydrogens is 428 g/mol. The highest BCUT2D eigenvalue weighted by Gasteiger charge is 2.53. The molecule has 0 radical (unpaired) electrons. The first-order chi connectivity index (χ1) is 15.0. The second-order valence-electron chi connectivity index (χ2n) is 10.4. The largest absolute Gasteiger partial charge is 0.342 e. The maximum absolute atomic E-state index is 13.3. The van der Waals surface area contributed by atoms with Crippen LogP contribution >= 0.6 is 0 Å². The molecule has 10 heteroatoms. The van der Waals surface area contributed by atoms with E-state index in [4.69, 9.17) is 0 Å². The van der Waals surface area contributed by atoms with E-state index >= 15 is 0 Å². The van der Waals surface area contributed by atoms with Crippen molar-refractivity contribution in [2.45, 2.75) is 64.3 Å². The van der Waals surface area contributed by atoms with E-state index in [1.807, 2.05) is 13.8 Å². The molecule has 5 rings (SSSR count). The van der Waals surface area contributed by atoms with Gasteiger partial charge in [-0.15, -0.1) is 5.11 Å². The topological polar surface area (TPSA) is 109 Å². The Morgan fingerprint density at radius 3 is 2.53 bits per heavy atom. The molecule has 1 aromatic rings. The van der Waals surface area contributed by atoms with Crippen LogP contribution in [0.1, 0.15) is 59.4 Å². The highest BCUT2D eigenvalue weighted by molar-refractivity contribution is 7.89. The molecule has 0 atom stereocenters. The zero-order valence-electron chi connectivity index (χ0n) is 19.1. The smallest absolute Gasteiger partial charge is 0.246 e. The predicted molar refractivity (Wildman–Crippen MR) is 118 cm³/mol. The molecular formula is C22H30N6O3S. The van der Waals surface area contributed by atoms with E-state index in [9.17, 15) is 13.2 Å². The van der Waals surface area contributed by atoms with E-state index in [1.165, 1.54) is 10.5 Å². The molecule has 4 aliphatic rings. The molecule has 3 aliphatic heterocycles. The first-order valence-electron chi connectivity index (χ1n) is 11.2. The van der Waals surface area contributed by atoms with E-state index in [2.05, 4.69) is 34.5 Å². The Kier molecular flexibility index (Phi) is 4.76. The number of Topliss-reactive ketones (excluding diaryl/α,β-unsaturated/α-hetero) is 1. The van der Waals surface area contributed by atoms with Crippen molar-refractivity contribution in [3.8, 4) is 0 Å². The quantitative estimate of drug-likeness (QED) is 0.748. The number of piperidine rings is 1. The van der Waals surface area contributed by atoms with Crippen LogP contribution in [0.3, 0.4) is 0 Å². The van der Waals surface area contributed by atoms with Crippen molar-refractivity contribution < 1.29 is 13.2 Å². The Balaban J connectivity index is 1.47. The van der Waals surface area contributed by atoms with Crippen molar-refractivity contribution >= 4 is 15.8 Å². The lowest BCUT2D eigenvalue weighted by Crippen LogP contribution is -2.50. The molecule has 0 unspecified atom stereocenters. The minimum absolute atomic E-state index is 0.0884. The van der Waals surface area contributed by atoms with Gasteiger partial charge in [0.05, 0.1) is 12.7 Å². The summed E-state index contributed by atoms with van der Waals surface area (Å²) in [6.45, 7) is 9.29. The fourth-order valence-electron chi connectivity index (χ4n) is 5.61. The van der Waals surface area contributed by atoms with Gasteiger partial charge < -0.3 is 5.32 Å². The number of hydrogen-bond acceptors (Lipinski definition) is 7. The molecule has 0 bridgehead atoms. The number of sulfonamides is 1. The maximum atomic E-state index is 13.3. The summed E-state index contributed by atoms with van der Waals surface area (Å²) in [4.78, 5) is 13.6. The van der Waals surface area contributed by atoms with Gasteiger partial charge in [0.2, 0.25) is 10.0 Å². The Labute approximate surface area is 188 Å². The molecule has 4 heterocycles. The number of fused-ring (bicyclic) bond motifs is 2. The molecule has 0 amide bonds. The minimum Gasteiger partial charge on any atom is -0.342 e. The van der Waals surface area contributed by atoms with Crippen LogP contribution in [0.2, 0.25) is 0 Å². The van der Waals surface area contributed by atoms with Crippen LogP contribution in [0, 0.1) is 10.8 Å². The second-order valence-corrected chi connectivity index (χ2v) is 12.3. The number of dihydropyridines is 1.